The number of rotatable bonds is 7. The van der Waals surface area contributed by atoms with Gasteiger partial charge in [0.25, 0.3) is 5.91 Å². The van der Waals surface area contributed by atoms with Gasteiger partial charge in [0.2, 0.25) is 0 Å². The van der Waals surface area contributed by atoms with Gasteiger partial charge in [-0.3, -0.25) is 4.79 Å². The van der Waals surface area contributed by atoms with E-state index in [4.69, 9.17) is 4.74 Å². The Morgan fingerprint density at radius 3 is 2.48 bits per heavy atom. The number of carbonyl (C=O) groups is 1. The lowest BCUT2D eigenvalue weighted by atomic mass is 10.1. The van der Waals surface area contributed by atoms with E-state index in [2.05, 4.69) is 24.3 Å². The van der Waals surface area contributed by atoms with E-state index >= 15 is 0 Å². The Bertz CT molecular complexity index is 633. The van der Waals surface area contributed by atoms with E-state index in [1.165, 1.54) is 0 Å². The molecule has 0 fully saturated rings. The molecule has 2 aromatic rings. The second kappa shape index (κ2) is 7.92. The molecule has 1 atom stereocenters. The third kappa shape index (κ3) is 3.99. The maximum absolute atomic E-state index is 12.6. The summed E-state index contributed by atoms with van der Waals surface area (Å²) in [5, 5.41) is 7.49. The van der Waals surface area contributed by atoms with E-state index < -0.39 is 6.10 Å². The number of nitrogens with one attached hydrogen (secondary N) is 1. The zero-order chi connectivity index (χ0) is 16.8. The Hall–Kier alpha value is -2.14. The molecule has 5 nitrogen and oxygen atoms in total. The van der Waals surface area contributed by atoms with Crippen LogP contribution in [0.3, 0.4) is 0 Å². The summed E-state index contributed by atoms with van der Waals surface area (Å²) in [6, 6.07) is 11.7. The molecule has 1 amide bonds. The van der Waals surface area contributed by atoms with Crippen LogP contribution in [0, 0.1) is 6.92 Å². The van der Waals surface area contributed by atoms with Crippen LogP contribution in [0.1, 0.15) is 50.1 Å². The SMILES string of the molecule is CCC(CC)n1nc(C)cc1NC(=O)[C@@H](OC)c1ccccc1. The predicted molar refractivity (Wildman–Crippen MR) is 91.4 cm³/mol. The van der Waals surface area contributed by atoms with Crippen LogP contribution in [0.4, 0.5) is 5.82 Å². The van der Waals surface area contributed by atoms with Crippen LogP contribution < -0.4 is 5.32 Å². The van der Waals surface area contributed by atoms with Gasteiger partial charge in [-0.05, 0) is 25.3 Å². The molecule has 0 saturated carbocycles. The van der Waals surface area contributed by atoms with Crippen molar-refractivity contribution >= 4 is 11.7 Å². The summed E-state index contributed by atoms with van der Waals surface area (Å²) in [6.07, 6.45) is 1.29. The number of aryl methyl sites for hydroxylation is 1. The smallest absolute Gasteiger partial charge is 0.259 e. The third-order valence-corrected chi connectivity index (χ3v) is 3.97. The molecule has 5 heteroatoms. The fraction of sp³-hybridized carbons (Fsp3) is 0.444. The predicted octanol–water partition coefficient (Wildman–Crippen LogP) is 3.88. The molecule has 0 aliphatic rings. The summed E-state index contributed by atoms with van der Waals surface area (Å²) in [7, 11) is 1.54. The molecule has 1 N–H and O–H groups in total. The topological polar surface area (TPSA) is 56.2 Å². The van der Waals surface area contributed by atoms with Gasteiger partial charge in [-0.25, -0.2) is 4.68 Å². The summed E-state index contributed by atoms with van der Waals surface area (Å²) >= 11 is 0. The van der Waals surface area contributed by atoms with Crippen molar-refractivity contribution < 1.29 is 9.53 Å². The molecule has 0 aliphatic carbocycles. The van der Waals surface area contributed by atoms with Gasteiger partial charge in [-0.1, -0.05) is 44.2 Å². The molecular weight excluding hydrogens is 290 g/mol. The molecule has 0 bridgehead atoms. The standard InChI is InChI=1S/C18H25N3O2/c1-5-15(6-2)21-16(12-13(3)20-21)19-18(22)17(23-4)14-10-8-7-9-11-14/h7-12,15,17H,5-6H2,1-4H3,(H,19,22)/t17-/m0/s1. The lowest BCUT2D eigenvalue weighted by Crippen LogP contribution is -2.25. The number of benzene rings is 1. The fourth-order valence-electron chi connectivity index (χ4n) is 2.74. The van der Waals surface area contributed by atoms with Gasteiger partial charge < -0.3 is 10.1 Å². The number of nitrogens with zero attached hydrogens (tertiary/aromatic N) is 2. The van der Waals surface area contributed by atoms with E-state index in [-0.39, 0.29) is 11.9 Å². The Morgan fingerprint density at radius 2 is 1.91 bits per heavy atom. The van der Waals surface area contributed by atoms with Crippen LogP contribution in [0.15, 0.2) is 36.4 Å². The van der Waals surface area contributed by atoms with Crippen molar-refractivity contribution in [2.75, 3.05) is 12.4 Å². The average molecular weight is 315 g/mol. The Kier molecular flexibility index (Phi) is 5.93. The van der Waals surface area contributed by atoms with Gasteiger partial charge in [0.1, 0.15) is 5.82 Å². The van der Waals surface area contributed by atoms with Crippen LogP contribution in [-0.2, 0) is 9.53 Å². The minimum atomic E-state index is -0.637. The quantitative estimate of drug-likeness (QED) is 0.843. The molecule has 0 saturated heterocycles. The molecule has 0 unspecified atom stereocenters. The van der Waals surface area contributed by atoms with Crippen LogP contribution in [0.2, 0.25) is 0 Å². The Morgan fingerprint density at radius 1 is 1.26 bits per heavy atom. The van der Waals surface area contributed by atoms with Crippen molar-refractivity contribution in [3.05, 3.63) is 47.7 Å². The summed E-state index contributed by atoms with van der Waals surface area (Å²) in [4.78, 5) is 12.6. The molecule has 1 aromatic carbocycles. The Balaban J connectivity index is 2.22. The van der Waals surface area contributed by atoms with Gasteiger partial charge >= 0.3 is 0 Å². The van der Waals surface area contributed by atoms with Gasteiger partial charge in [-0.15, -0.1) is 0 Å². The second-order valence-electron chi connectivity index (χ2n) is 5.60. The summed E-state index contributed by atoms with van der Waals surface area (Å²) < 4.78 is 7.30. The van der Waals surface area contributed by atoms with Crippen LogP contribution in [-0.4, -0.2) is 22.8 Å². The lowest BCUT2D eigenvalue weighted by molar-refractivity contribution is -0.126. The normalized spacial score (nSPS) is 12.4. The zero-order valence-electron chi connectivity index (χ0n) is 14.2. The fourth-order valence-corrected chi connectivity index (χ4v) is 2.74. The second-order valence-corrected chi connectivity index (χ2v) is 5.60. The monoisotopic (exact) mass is 315 g/mol. The summed E-state index contributed by atoms with van der Waals surface area (Å²) in [6.45, 7) is 6.18. The Labute approximate surface area is 137 Å². The minimum absolute atomic E-state index is 0.189. The molecular formula is C18H25N3O2. The first kappa shape index (κ1) is 17.2. The first-order chi connectivity index (χ1) is 11.1. The number of methoxy groups -OCH3 is 1. The largest absolute Gasteiger partial charge is 0.367 e. The number of anilines is 1. The highest BCUT2D eigenvalue weighted by molar-refractivity contribution is 5.94. The molecule has 0 spiro atoms. The van der Waals surface area contributed by atoms with E-state index in [0.29, 0.717) is 0 Å². The zero-order valence-corrected chi connectivity index (χ0v) is 14.2. The lowest BCUT2D eigenvalue weighted by Gasteiger charge is -2.19. The number of ether oxygens (including phenoxy) is 1. The molecule has 23 heavy (non-hydrogen) atoms. The van der Waals surface area contributed by atoms with Gasteiger partial charge in [0, 0.05) is 13.2 Å². The highest BCUT2D eigenvalue weighted by Crippen LogP contribution is 2.24. The van der Waals surface area contributed by atoms with Gasteiger partial charge in [-0.2, -0.15) is 5.10 Å². The molecule has 1 heterocycles. The van der Waals surface area contributed by atoms with Crippen LogP contribution in [0.25, 0.3) is 0 Å². The molecule has 124 valence electrons. The highest BCUT2D eigenvalue weighted by atomic mass is 16.5. The third-order valence-electron chi connectivity index (χ3n) is 3.97. The van der Waals surface area contributed by atoms with E-state index in [9.17, 15) is 4.79 Å². The maximum Gasteiger partial charge on any atom is 0.259 e. The first-order valence-electron chi connectivity index (χ1n) is 8.05. The van der Waals surface area contributed by atoms with Gasteiger partial charge in [0.15, 0.2) is 6.10 Å². The van der Waals surface area contributed by atoms with Crippen molar-refractivity contribution in [1.82, 2.24) is 9.78 Å². The van der Waals surface area contributed by atoms with E-state index in [1.807, 2.05) is 48.0 Å². The number of amides is 1. The van der Waals surface area contributed by atoms with Crippen LogP contribution in [0.5, 0.6) is 0 Å². The molecule has 0 radical (unpaired) electrons. The minimum Gasteiger partial charge on any atom is -0.367 e. The summed E-state index contributed by atoms with van der Waals surface area (Å²) in [5.41, 5.74) is 1.72. The first-order valence-corrected chi connectivity index (χ1v) is 8.05. The van der Waals surface area contributed by atoms with E-state index in [0.717, 1.165) is 29.9 Å². The number of aromatic nitrogens is 2. The number of hydrogen-bond acceptors (Lipinski definition) is 3. The van der Waals surface area contributed by atoms with Gasteiger partial charge in [0.05, 0.1) is 11.7 Å². The van der Waals surface area contributed by atoms with Crippen molar-refractivity contribution in [2.24, 2.45) is 0 Å². The van der Waals surface area contributed by atoms with Crippen molar-refractivity contribution in [3.8, 4) is 0 Å². The number of carbonyl (C=O) groups excluding carboxylic acids is 1. The van der Waals surface area contributed by atoms with E-state index in [1.54, 1.807) is 7.11 Å². The average Bonchev–Trinajstić information content (AvgIpc) is 2.91. The number of hydrogen-bond donors (Lipinski definition) is 1. The highest BCUT2D eigenvalue weighted by Gasteiger charge is 2.22. The van der Waals surface area contributed by atoms with Crippen molar-refractivity contribution in [2.45, 2.75) is 45.8 Å². The van der Waals surface area contributed by atoms with Crippen molar-refractivity contribution in [1.29, 1.82) is 0 Å². The molecule has 1 aromatic heterocycles. The molecule has 0 aliphatic heterocycles. The van der Waals surface area contributed by atoms with Crippen molar-refractivity contribution in [3.63, 3.8) is 0 Å². The maximum atomic E-state index is 12.6. The summed E-state index contributed by atoms with van der Waals surface area (Å²) in [5.74, 6) is 0.532. The van der Waals surface area contributed by atoms with Crippen LogP contribution >= 0.6 is 0 Å². The molecule has 2 rings (SSSR count).